The maximum absolute atomic E-state index is 14.0. The Morgan fingerprint density at radius 3 is 2.79 bits per heavy atom. The first kappa shape index (κ1) is 26.8. The van der Waals surface area contributed by atoms with Gasteiger partial charge in [0.15, 0.2) is 0 Å². The van der Waals surface area contributed by atoms with Crippen molar-refractivity contribution in [3.63, 3.8) is 0 Å². The molecule has 7 nitrogen and oxygen atoms in total. The zero-order valence-corrected chi connectivity index (χ0v) is 23.8. The lowest BCUT2D eigenvalue weighted by Gasteiger charge is -2.50. The Hall–Kier alpha value is -1.44. The largest absolute Gasteiger partial charge is 0.368 e. The molecule has 0 aromatic rings. The molecule has 4 aliphatic heterocycles. The smallest absolute Gasteiger partial charge is 0.246 e. The van der Waals surface area contributed by atoms with E-state index in [1.165, 1.54) is 57.2 Å². The van der Waals surface area contributed by atoms with E-state index >= 15 is 0 Å². The number of carbonyl (C=O) groups is 2. The Morgan fingerprint density at radius 2 is 1.97 bits per heavy atom. The van der Waals surface area contributed by atoms with Crippen molar-refractivity contribution in [3.8, 4) is 0 Å². The molecule has 4 heterocycles. The van der Waals surface area contributed by atoms with E-state index in [4.69, 9.17) is 4.74 Å². The van der Waals surface area contributed by atoms with Crippen LogP contribution in [0, 0.1) is 29.6 Å². The average Bonchev–Trinajstić information content (AvgIpc) is 3.52. The summed E-state index contributed by atoms with van der Waals surface area (Å²) >= 11 is 0. The molecule has 6 fully saturated rings. The number of nitrogens with zero attached hydrogens (tertiary/aromatic N) is 1. The van der Waals surface area contributed by atoms with Crippen molar-refractivity contribution in [1.82, 2.24) is 10.2 Å². The number of hydrogen-bond donors (Lipinski definition) is 3. The number of rotatable bonds is 8. The van der Waals surface area contributed by atoms with Crippen LogP contribution in [-0.2, 0) is 14.3 Å². The SMILES string of the molecule is C=C(C)CC1C(OCC(=O)NC[C@H]2CCC[NH+]2CC)CCC2C1C1CC[NH2+]C3C4CCCCC4C(=O)N2C13. The molecular weight excluding hydrogens is 476 g/mol. The number of likely N-dealkylation sites (N-methyl/N-ethyl adjacent to an activating group) is 1. The van der Waals surface area contributed by atoms with Crippen LogP contribution in [0.2, 0.25) is 0 Å². The molecule has 38 heavy (non-hydrogen) atoms. The molecule has 0 aromatic heterocycles. The minimum absolute atomic E-state index is 0.0268. The van der Waals surface area contributed by atoms with E-state index in [0.717, 1.165) is 38.8 Å². The quantitative estimate of drug-likeness (QED) is 0.410. The fourth-order valence-corrected chi connectivity index (χ4v) is 10.2. The lowest BCUT2D eigenvalue weighted by atomic mass is 9.63. The van der Waals surface area contributed by atoms with Crippen LogP contribution in [0.15, 0.2) is 12.2 Å². The van der Waals surface area contributed by atoms with E-state index in [0.29, 0.717) is 53.7 Å². The van der Waals surface area contributed by atoms with Crippen molar-refractivity contribution >= 4 is 11.8 Å². The normalized spacial score (nSPS) is 43.8. The Labute approximate surface area is 229 Å². The first-order valence-corrected chi connectivity index (χ1v) is 16.0. The molecule has 4 N–H and O–H groups in total. The van der Waals surface area contributed by atoms with Gasteiger partial charge in [0.25, 0.3) is 0 Å². The summed E-state index contributed by atoms with van der Waals surface area (Å²) in [6.45, 7) is 13.1. The molecule has 2 aliphatic carbocycles. The van der Waals surface area contributed by atoms with Gasteiger partial charge in [-0.15, -0.1) is 6.58 Å². The molecule has 4 saturated heterocycles. The fourth-order valence-electron chi connectivity index (χ4n) is 10.2. The van der Waals surface area contributed by atoms with Gasteiger partial charge in [0.05, 0.1) is 38.3 Å². The summed E-state index contributed by atoms with van der Waals surface area (Å²) < 4.78 is 6.48. The van der Waals surface area contributed by atoms with Crippen LogP contribution in [0.4, 0.5) is 0 Å². The topological polar surface area (TPSA) is 79.7 Å². The maximum atomic E-state index is 14.0. The number of nitrogens with two attached hydrogens (primary N) is 1. The molecule has 6 rings (SSSR count). The number of allylic oxidation sites excluding steroid dienone is 1. The molecule has 0 bridgehead atoms. The van der Waals surface area contributed by atoms with E-state index in [1.54, 1.807) is 4.90 Å². The van der Waals surface area contributed by atoms with Gasteiger partial charge in [0.2, 0.25) is 11.8 Å². The number of carbonyl (C=O) groups excluding carboxylic acids is 2. The van der Waals surface area contributed by atoms with Crippen molar-refractivity contribution in [2.75, 3.05) is 32.8 Å². The summed E-state index contributed by atoms with van der Waals surface area (Å²) in [5, 5.41) is 5.79. The summed E-state index contributed by atoms with van der Waals surface area (Å²) in [6, 6.07) is 1.87. The third-order valence-corrected chi connectivity index (χ3v) is 11.6. The molecule has 0 spiro atoms. The zero-order chi connectivity index (χ0) is 26.4. The van der Waals surface area contributed by atoms with Crippen molar-refractivity contribution in [2.45, 2.75) is 108 Å². The van der Waals surface area contributed by atoms with Gasteiger partial charge in [0.1, 0.15) is 18.7 Å². The molecule has 2 saturated carbocycles. The summed E-state index contributed by atoms with van der Waals surface area (Å²) in [5.74, 6) is 2.71. The van der Waals surface area contributed by atoms with E-state index in [1.807, 2.05) is 0 Å². The van der Waals surface area contributed by atoms with Gasteiger partial charge in [-0.25, -0.2) is 0 Å². The Morgan fingerprint density at radius 1 is 1.13 bits per heavy atom. The van der Waals surface area contributed by atoms with Gasteiger partial charge in [-0.05, 0) is 63.7 Å². The van der Waals surface area contributed by atoms with Crippen LogP contribution >= 0.6 is 0 Å². The third kappa shape index (κ3) is 4.75. The summed E-state index contributed by atoms with van der Waals surface area (Å²) in [6.07, 6.45) is 11.5. The molecule has 7 heteroatoms. The van der Waals surface area contributed by atoms with Crippen LogP contribution in [0.5, 0.6) is 0 Å². The molecule has 6 aliphatic rings. The van der Waals surface area contributed by atoms with Gasteiger partial charge in [0, 0.05) is 37.1 Å². The number of nitrogens with one attached hydrogen (secondary N) is 2. The predicted molar refractivity (Wildman–Crippen MR) is 146 cm³/mol. The maximum Gasteiger partial charge on any atom is 0.246 e. The molecule has 212 valence electrons. The van der Waals surface area contributed by atoms with Gasteiger partial charge in [-0.3, -0.25) is 9.59 Å². The zero-order valence-electron chi connectivity index (χ0n) is 23.8. The second-order valence-corrected chi connectivity index (χ2v) is 13.6. The highest BCUT2D eigenvalue weighted by molar-refractivity contribution is 5.82. The standard InChI is InChI=1S/C31H50N4O3/c1-4-34-15-7-8-20(34)17-33-27(36)18-38-26-12-11-25-28(24(26)16-19(2)3)23-13-14-32-29-21-9-5-6-10-22(21)31(37)35(25)30(23)29/h20-26,28-30,32H,2,4-18H2,1,3H3,(H,33,36)/p+2/t20-,21?,22?,23?,24?,25?,26?,28?,29?,30?/m1/s1. The van der Waals surface area contributed by atoms with Gasteiger partial charge in [-0.2, -0.15) is 0 Å². The highest BCUT2D eigenvalue weighted by atomic mass is 16.5. The van der Waals surface area contributed by atoms with Crippen molar-refractivity contribution < 1.29 is 24.5 Å². The van der Waals surface area contributed by atoms with Crippen molar-refractivity contribution in [3.05, 3.63) is 12.2 Å². The first-order chi connectivity index (χ1) is 18.5. The molecule has 2 amide bonds. The van der Waals surface area contributed by atoms with Crippen LogP contribution in [0.25, 0.3) is 0 Å². The molecule has 0 radical (unpaired) electrons. The third-order valence-electron chi connectivity index (χ3n) is 11.6. The minimum Gasteiger partial charge on any atom is -0.368 e. The Bertz CT molecular complexity index is 910. The van der Waals surface area contributed by atoms with Crippen LogP contribution in [0.3, 0.4) is 0 Å². The molecule has 10 unspecified atom stereocenters. The summed E-state index contributed by atoms with van der Waals surface area (Å²) in [4.78, 5) is 30.9. The first-order valence-electron chi connectivity index (χ1n) is 16.0. The van der Waals surface area contributed by atoms with E-state index in [-0.39, 0.29) is 24.5 Å². The molecular formula is C31H52N4O3+2. The number of hydrogen-bond acceptors (Lipinski definition) is 3. The lowest BCUT2D eigenvalue weighted by molar-refractivity contribution is -0.909. The molecule has 11 atom stereocenters. The van der Waals surface area contributed by atoms with E-state index < -0.39 is 0 Å². The van der Waals surface area contributed by atoms with Crippen LogP contribution < -0.4 is 15.5 Å². The molecule has 0 aromatic carbocycles. The van der Waals surface area contributed by atoms with Crippen LogP contribution in [0.1, 0.15) is 78.1 Å². The van der Waals surface area contributed by atoms with E-state index in [9.17, 15) is 9.59 Å². The monoisotopic (exact) mass is 528 g/mol. The summed E-state index contributed by atoms with van der Waals surface area (Å²) in [7, 11) is 0. The highest BCUT2D eigenvalue weighted by Gasteiger charge is 2.65. The Kier molecular flexibility index (Phi) is 7.89. The van der Waals surface area contributed by atoms with Crippen molar-refractivity contribution in [2.24, 2.45) is 29.6 Å². The average molecular weight is 529 g/mol. The summed E-state index contributed by atoms with van der Waals surface area (Å²) in [5.41, 5.74) is 1.20. The van der Waals surface area contributed by atoms with Crippen molar-refractivity contribution in [1.29, 1.82) is 0 Å². The number of likely N-dealkylation sites (tertiary alicyclic amines) is 1. The lowest BCUT2D eigenvalue weighted by Crippen LogP contribution is -3.14. The second-order valence-electron chi connectivity index (χ2n) is 13.6. The predicted octanol–water partition coefficient (Wildman–Crippen LogP) is 0.899. The highest BCUT2D eigenvalue weighted by Crippen LogP contribution is 2.55. The number of fused-ring (bicyclic) bond motifs is 5. The number of piperidine rings is 2. The minimum atomic E-state index is 0.0268. The number of quaternary nitrogens is 2. The van der Waals surface area contributed by atoms with Gasteiger partial charge in [-0.1, -0.05) is 18.4 Å². The van der Waals surface area contributed by atoms with Gasteiger partial charge >= 0.3 is 0 Å². The van der Waals surface area contributed by atoms with E-state index in [2.05, 4.69) is 36.0 Å². The number of ether oxygens (including phenoxy) is 1. The Balaban J connectivity index is 1.16. The fraction of sp³-hybridized carbons (Fsp3) is 0.871. The second kappa shape index (κ2) is 11.2. The number of amides is 2. The van der Waals surface area contributed by atoms with Gasteiger partial charge < -0.3 is 25.2 Å². The van der Waals surface area contributed by atoms with Crippen LogP contribution in [-0.4, -0.2) is 79.8 Å².